The minimum absolute atomic E-state index is 0.0100. The number of nitrogens with one attached hydrogen (secondary N) is 2. The first-order chi connectivity index (χ1) is 8.15. The van der Waals surface area contributed by atoms with E-state index in [2.05, 4.69) is 31.5 Å². The van der Waals surface area contributed by atoms with Gasteiger partial charge in [0.25, 0.3) is 0 Å². The van der Waals surface area contributed by atoms with Crippen LogP contribution in [-0.2, 0) is 9.59 Å². The van der Waals surface area contributed by atoms with Crippen molar-refractivity contribution in [2.24, 2.45) is 5.92 Å². The molecule has 1 aromatic heterocycles. The predicted molar refractivity (Wildman–Crippen MR) is 66.3 cm³/mol. The monoisotopic (exact) mass is 297 g/mol. The highest BCUT2D eigenvalue weighted by molar-refractivity contribution is 9.10. The zero-order valence-corrected chi connectivity index (χ0v) is 10.7. The fraction of sp³-hybridized carbons (Fsp3) is 0.364. The normalized spacial score (nSPS) is 19.6. The molecule has 2 amide bonds. The van der Waals surface area contributed by atoms with E-state index in [4.69, 9.17) is 0 Å². The van der Waals surface area contributed by atoms with Gasteiger partial charge in [0.1, 0.15) is 5.82 Å². The Balaban J connectivity index is 1.92. The standard InChI is InChI=1S/C11H12BrN3O2/c12-8-2-3-9(13-6-8)15-11(17)7-1-4-10(16)14-5-7/h2-3,6-7H,1,4-5H2,(H,14,16)(H,13,15,17). The zero-order chi connectivity index (χ0) is 12.3. The van der Waals surface area contributed by atoms with Crippen LogP contribution < -0.4 is 10.6 Å². The summed E-state index contributed by atoms with van der Waals surface area (Å²) in [6.07, 6.45) is 2.62. The molecule has 2 N–H and O–H groups in total. The number of carbonyl (C=O) groups excluding carboxylic acids is 2. The third-order valence-corrected chi connectivity index (χ3v) is 3.08. The quantitative estimate of drug-likeness (QED) is 0.864. The highest BCUT2D eigenvalue weighted by Gasteiger charge is 2.24. The van der Waals surface area contributed by atoms with Gasteiger partial charge in [-0.3, -0.25) is 9.59 Å². The van der Waals surface area contributed by atoms with Crippen molar-refractivity contribution in [2.45, 2.75) is 12.8 Å². The van der Waals surface area contributed by atoms with Crippen LogP contribution in [0.15, 0.2) is 22.8 Å². The van der Waals surface area contributed by atoms with Gasteiger partial charge >= 0.3 is 0 Å². The number of amides is 2. The van der Waals surface area contributed by atoms with Crippen LogP contribution in [0, 0.1) is 5.92 Å². The molecule has 1 aliphatic heterocycles. The smallest absolute Gasteiger partial charge is 0.230 e. The summed E-state index contributed by atoms with van der Waals surface area (Å²) >= 11 is 3.27. The van der Waals surface area contributed by atoms with Crippen molar-refractivity contribution in [3.63, 3.8) is 0 Å². The van der Waals surface area contributed by atoms with E-state index < -0.39 is 0 Å². The fourth-order valence-electron chi connectivity index (χ4n) is 1.63. The maximum Gasteiger partial charge on any atom is 0.230 e. The Labute approximate surface area is 107 Å². The molecule has 0 aliphatic carbocycles. The second kappa shape index (κ2) is 5.27. The average molecular weight is 298 g/mol. The second-order valence-corrected chi connectivity index (χ2v) is 4.81. The molecule has 0 saturated carbocycles. The highest BCUT2D eigenvalue weighted by Crippen LogP contribution is 2.15. The molecule has 0 spiro atoms. The van der Waals surface area contributed by atoms with Gasteiger partial charge in [-0.25, -0.2) is 4.98 Å². The molecule has 5 nitrogen and oxygen atoms in total. The predicted octanol–water partition coefficient (Wildman–Crippen LogP) is 1.31. The van der Waals surface area contributed by atoms with Gasteiger partial charge < -0.3 is 10.6 Å². The molecule has 2 heterocycles. The van der Waals surface area contributed by atoms with Crippen molar-refractivity contribution in [1.29, 1.82) is 0 Å². The van der Waals surface area contributed by atoms with E-state index in [0.29, 0.717) is 25.2 Å². The summed E-state index contributed by atoms with van der Waals surface area (Å²) in [5.41, 5.74) is 0. The van der Waals surface area contributed by atoms with E-state index in [-0.39, 0.29) is 17.7 Å². The second-order valence-electron chi connectivity index (χ2n) is 3.89. The third kappa shape index (κ3) is 3.26. The van der Waals surface area contributed by atoms with Crippen LogP contribution in [0.25, 0.3) is 0 Å². The maximum atomic E-state index is 11.8. The van der Waals surface area contributed by atoms with Crippen molar-refractivity contribution in [3.05, 3.63) is 22.8 Å². The minimum Gasteiger partial charge on any atom is -0.355 e. The molecule has 1 atom stereocenters. The Morgan fingerprint density at radius 3 is 2.94 bits per heavy atom. The number of rotatable bonds is 2. The van der Waals surface area contributed by atoms with Crippen LogP contribution in [0.2, 0.25) is 0 Å². The summed E-state index contributed by atoms with van der Waals surface area (Å²) in [6, 6.07) is 3.54. The van der Waals surface area contributed by atoms with Crippen molar-refractivity contribution >= 4 is 33.6 Å². The Morgan fingerprint density at radius 2 is 2.35 bits per heavy atom. The van der Waals surface area contributed by atoms with Gasteiger partial charge in [0.15, 0.2) is 0 Å². The van der Waals surface area contributed by atoms with Gasteiger partial charge in [-0.05, 0) is 34.5 Å². The number of halogens is 1. The van der Waals surface area contributed by atoms with Crippen LogP contribution in [0.3, 0.4) is 0 Å². The van der Waals surface area contributed by atoms with Crippen molar-refractivity contribution in [3.8, 4) is 0 Å². The van der Waals surface area contributed by atoms with Crippen LogP contribution >= 0.6 is 15.9 Å². The summed E-state index contributed by atoms with van der Waals surface area (Å²) in [6.45, 7) is 0.404. The summed E-state index contributed by atoms with van der Waals surface area (Å²) < 4.78 is 0.862. The molecule has 90 valence electrons. The Bertz CT molecular complexity index is 423. The number of piperidine rings is 1. The van der Waals surface area contributed by atoms with Gasteiger partial charge in [0, 0.05) is 23.6 Å². The number of hydrogen-bond acceptors (Lipinski definition) is 3. The topological polar surface area (TPSA) is 71.1 Å². The number of nitrogens with zero attached hydrogens (tertiary/aromatic N) is 1. The first-order valence-corrected chi connectivity index (χ1v) is 6.13. The molecule has 2 rings (SSSR count). The number of hydrogen-bond donors (Lipinski definition) is 2. The lowest BCUT2D eigenvalue weighted by atomic mass is 9.98. The SMILES string of the molecule is O=C1CCC(C(=O)Nc2ccc(Br)cn2)CN1. The van der Waals surface area contributed by atoms with E-state index >= 15 is 0 Å². The molecule has 1 aromatic rings. The number of aromatic nitrogens is 1. The lowest BCUT2D eigenvalue weighted by Gasteiger charge is -2.21. The summed E-state index contributed by atoms with van der Waals surface area (Å²) in [7, 11) is 0. The third-order valence-electron chi connectivity index (χ3n) is 2.61. The number of carbonyl (C=O) groups is 2. The lowest BCUT2D eigenvalue weighted by Crippen LogP contribution is -2.40. The molecule has 0 bridgehead atoms. The van der Waals surface area contributed by atoms with Crippen molar-refractivity contribution in [1.82, 2.24) is 10.3 Å². The highest BCUT2D eigenvalue weighted by atomic mass is 79.9. The molecule has 0 aromatic carbocycles. The van der Waals surface area contributed by atoms with E-state index in [1.165, 1.54) is 0 Å². The molecule has 17 heavy (non-hydrogen) atoms. The molecule has 1 aliphatic rings. The number of pyridine rings is 1. The molecule has 1 fully saturated rings. The Kier molecular flexibility index (Phi) is 3.73. The molecule has 0 radical (unpaired) electrons. The Morgan fingerprint density at radius 1 is 1.53 bits per heavy atom. The van der Waals surface area contributed by atoms with E-state index in [1.54, 1.807) is 12.3 Å². The van der Waals surface area contributed by atoms with Gasteiger partial charge in [-0.2, -0.15) is 0 Å². The molecular weight excluding hydrogens is 286 g/mol. The number of anilines is 1. The molecule has 6 heteroatoms. The lowest BCUT2D eigenvalue weighted by molar-refractivity contribution is -0.126. The van der Waals surface area contributed by atoms with Gasteiger partial charge in [-0.1, -0.05) is 0 Å². The summed E-state index contributed by atoms with van der Waals surface area (Å²) in [5.74, 6) is 0.267. The van der Waals surface area contributed by atoms with Gasteiger partial charge in [-0.15, -0.1) is 0 Å². The van der Waals surface area contributed by atoms with Gasteiger partial charge in [0.05, 0.1) is 5.92 Å². The van der Waals surface area contributed by atoms with E-state index in [9.17, 15) is 9.59 Å². The first kappa shape index (κ1) is 12.0. The average Bonchev–Trinajstić information content (AvgIpc) is 2.33. The minimum atomic E-state index is -0.168. The first-order valence-electron chi connectivity index (χ1n) is 5.34. The zero-order valence-electron chi connectivity index (χ0n) is 9.07. The van der Waals surface area contributed by atoms with Gasteiger partial charge in [0.2, 0.25) is 11.8 Å². The van der Waals surface area contributed by atoms with Crippen LogP contribution in [-0.4, -0.2) is 23.3 Å². The van der Waals surface area contributed by atoms with Crippen molar-refractivity contribution in [2.75, 3.05) is 11.9 Å². The molecular formula is C11H12BrN3O2. The fourth-order valence-corrected chi connectivity index (χ4v) is 1.87. The maximum absolute atomic E-state index is 11.8. The van der Waals surface area contributed by atoms with E-state index in [0.717, 1.165) is 4.47 Å². The molecule has 1 saturated heterocycles. The van der Waals surface area contributed by atoms with Crippen molar-refractivity contribution < 1.29 is 9.59 Å². The van der Waals surface area contributed by atoms with E-state index in [1.807, 2.05) is 6.07 Å². The molecule has 1 unspecified atom stereocenters. The largest absolute Gasteiger partial charge is 0.355 e. The summed E-state index contributed by atoms with van der Waals surface area (Å²) in [5, 5.41) is 5.41. The van der Waals surface area contributed by atoms with Crippen LogP contribution in [0.5, 0.6) is 0 Å². The van der Waals surface area contributed by atoms with Crippen LogP contribution in [0.1, 0.15) is 12.8 Å². The Hall–Kier alpha value is -1.43. The van der Waals surface area contributed by atoms with Crippen LogP contribution in [0.4, 0.5) is 5.82 Å². The summed E-state index contributed by atoms with van der Waals surface area (Å²) in [4.78, 5) is 26.9.